The van der Waals surface area contributed by atoms with Crippen LogP contribution in [0.3, 0.4) is 0 Å². The second kappa shape index (κ2) is 10.1. The molecule has 0 saturated heterocycles. The lowest BCUT2D eigenvalue weighted by Crippen LogP contribution is -2.08. The van der Waals surface area contributed by atoms with Gasteiger partial charge in [0.15, 0.2) is 0 Å². The highest BCUT2D eigenvalue weighted by Gasteiger charge is 2.22. The minimum Gasteiger partial charge on any atom is -0.478 e. The van der Waals surface area contributed by atoms with Crippen molar-refractivity contribution in [1.29, 1.82) is 0 Å². The highest BCUT2D eigenvalue weighted by Crippen LogP contribution is 2.41. The number of aryl methyl sites for hydroxylation is 2. The van der Waals surface area contributed by atoms with Crippen molar-refractivity contribution in [3.05, 3.63) is 75.9 Å². The van der Waals surface area contributed by atoms with Crippen molar-refractivity contribution in [1.82, 2.24) is 9.97 Å². The summed E-state index contributed by atoms with van der Waals surface area (Å²) >= 11 is 1.67. The molecule has 4 nitrogen and oxygen atoms in total. The summed E-state index contributed by atoms with van der Waals surface area (Å²) in [5.74, 6) is 2.33. The molecule has 36 heavy (non-hydrogen) atoms. The Labute approximate surface area is 215 Å². The van der Waals surface area contributed by atoms with Gasteiger partial charge in [0.1, 0.15) is 0 Å². The number of aromatic nitrogens is 2. The van der Waals surface area contributed by atoms with Gasteiger partial charge in [0.2, 0.25) is 0 Å². The summed E-state index contributed by atoms with van der Waals surface area (Å²) in [5.41, 5.74) is 7.88. The maximum atomic E-state index is 11.1. The fourth-order valence-corrected chi connectivity index (χ4v) is 6.19. The standard InChI is InChI=1S/C31H28N2O2S/c1-4-22-16-21(10-15-29(34)35)17-26(23-8-6-5-7-9-23)30(22)25-12-13-27-24(18-25)11-14-28(33-27)31-19(2)32-20(3)36-31/h1,10-18,23H,5-9H2,2-3H3,(H,34,35)/b15-10+. The van der Waals surface area contributed by atoms with Crippen LogP contribution >= 0.6 is 11.3 Å². The first kappa shape index (κ1) is 24.0. The number of fused-ring (bicyclic) bond motifs is 1. The van der Waals surface area contributed by atoms with Crippen LogP contribution in [0.25, 0.3) is 38.7 Å². The number of pyridine rings is 1. The normalized spacial score (nSPS) is 14.4. The molecule has 2 aromatic heterocycles. The van der Waals surface area contributed by atoms with Crippen molar-refractivity contribution < 1.29 is 9.90 Å². The van der Waals surface area contributed by atoms with Crippen LogP contribution in [0.4, 0.5) is 0 Å². The molecule has 1 N–H and O–H groups in total. The second-order valence-electron chi connectivity index (χ2n) is 9.43. The monoisotopic (exact) mass is 492 g/mol. The van der Waals surface area contributed by atoms with Crippen molar-refractivity contribution in [3.8, 4) is 34.0 Å². The topological polar surface area (TPSA) is 63.1 Å². The van der Waals surface area contributed by atoms with Crippen LogP contribution in [0.15, 0.2) is 48.5 Å². The van der Waals surface area contributed by atoms with Gasteiger partial charge in [0.05, 0.1) is 26.8 Å². The van der Waals surface area contributed by atoms with E-state index in [2.05, 4.69) is 47.3 Å². The molecule has 2 heterocycles. The van der Waals surface area contributed by atoms with Gasteiger partial charge in [-0.15, -0.1) is 17.8 Å². The van der Waals surface area contributed by atoms with Gasteiger partial charge < -0.3 is 5.11 Å². The van der Waals surface area contributed by atoms with Gasteiger partial charge >= 0.3 is 5.97 Å². The van der Waals surface area contributed by atoms with Crippen LogP contribution < -0.4 is 0 Å². The maximum Gasteiger partial charge on any atom is 0.328 e. The summed E-state index contributed by atoms with van der Waals surface area (Å²) in [6, 6.07) is 14.6. The van der Waals surface area contributed by atoms with E-state index in [1.807, 2.05) is 19.9 Å². The number of benzene rings is 2. The molecule has 0 aliphatic heterocycles. The number of terminal acetylenes is 1. The van der Waals surface area contributed by atoms with Crippen LogP contribution in [0.1, 0.15) is 65.4 Å². The average Bonchev–Trinajstić information content (AvgIpc) is 3.24. The van der Waals surface area contributed by atoms with Crippen LogP contribution in [0.5, 0.6) is 0 Å². The molecule has 0 bridgehead atoms. The van der Waals surface area contributed by atoms with Crippen LogP contribution in [-0.4, -0.2) is 21.0 Å². The van der Waals surface area contributed by atoms with E-state index < -0.39 is 5.97 Å². The third-order valence-electron chi connectivity index (χ3n) is 6.92. The lowest BCUT2D eigenvalue weighted by Gasteiger charge is -2.26. The van der Waals surface area contributed by atoms with Crippen molar-refractivity contribution in [2.45, 2.75) is 51.9 Å². The molecule has 1 aliphatic carbocycles. The lowest BCUT2D eigenvalue weighted by atomic mass is 9.78. The molecule has 0 atom stereocenters. The highest BCUT2D eigenvalue weighted by molar-refractivity contribution is 7.15. The number of aliphatic carboxylic acids is 1. The molecule has 2 aromatic carbocycles. The summed E-state index contributed by atoms with van der Waals surface area (Å²) in [5, 5.41) is 11.2. The fraction of sp³-hybridized carbons (Fsp3) is 0.258. The van der Waals surface area contributed by atoms with E-state index in [0.717, 1.165) is 67.3 Å². The Balaban J connectivity index is 1.63. The predicted octanol–water partition coefficient (Wildman–Crippen LogP) is 7.77. The van der Waals surface area contributed by atoms with Crippen LogP contribution in [0.2, 0.25) is 0 Å². The first-order chi connectivity index (χ1) is 17.4. The van der Waals surface area contributed by atoms with E-state index in [-0.39, 0.29) is 0 Å². The largest absolute Gasteiger partial charge is 0.478 e. The second-order valence-corrected chi connectivity index (χ2v) is 10.6. The number of hydrogen-bond donors (Lipinski definition) is 1. The van der Waals surface area contributed by atoms with E-state index in [1.165, 1.54) is 30.9 Å². The van der Waals surface area contributed by atoms with E-state index in [9.17, 15) is 4.79 Å². The number of carboxylic acid groups (broad SMARTS) is 1. The Kier molecular flexibility index (Phi) is 6.71. The van der Waals surface area contributed by atoms with Crippen LogP contribution in [0, 0.1) is 26.2 Å². The van der Waals surface area contributed by atoms with Gasteiger partial charge in [0.25, 0.3) is 0 Å². The Morgan fingerprint density at radius 1 is 1.08 bits per heavy atom. The Morgan fingerprint density at radius 2 is 1.89 bits per heavy atom. The number of nitrogens with zero attached hydrogens (tertiary/aromatic N) is 2. The molecule has 4 aromatic rings. The zero-order valence-corrected chi connectivity index (χ0v) is 21.4. The lowest BCUT2D eigenvalue weighted by molar-refractivity contribution is -0.131. The SMILES string of the molecule is C#Cc1cc(/C=C/C(=O)O)cc(C2CCCCC2)c1-c1ccc2nc(-c3sc(C)nc3C)ccc2c1. The van der Waals surface area contributed by atoms with Crippen molar-refractivity contribution >= 4 is 34.3 Å². The quantitative estimate of drug-likeness (QED) is 0.228. The summed E-state index contributed by atoms with van der Waals surface area (Å²) in [7, 11) is 0. The van der Waals surface area contributed by atoms with E-state index >= 15 is 0 Å². The van der Waals surface area contributed by atoms with Gasteiger partial charge in [-0.3, -0.25) is 0 Å². The molecule has 180 valence electrons. The van der Waals surface area contributed by atoms with Gasteiger partial charge in [-0.1, -0.05) is 43.4 Å². The maximum absolute atomic E-state index is 11.1. The molecule has 5 heteroatoms. The molecule has 1 aliphatic rings. The first-order valence-corrected chi connectivity index (χ1v) is 13.2. The zero-order chi connectivity index (χ0) is 25.2. The Hall–Kier alpha value is -3.75. The van der Waals surface area contributed by atoms with Crippen molar-refractivity contribution in [3.63, 3.8) is 0 Å². The summed E-state index contributed by atoms with van der Waals surface area (Å²) < 4.78 is 0. The van der Waals surface area contributed by atoms with Gasteiger partial charge in [-0.05, 0) is 79.6 Å². The third-order valence-corrected chi connectivity index (χ3v) is 8.02. The number of carboxylic acids is 1. The van der Waals surface area contributed by atoms with E-state index in [4.69, 9.17) is 16.5 Å². The molecule has 0 radical (unpaired) electrons. The highest BCUT2D eigenvalue weighted by atomic mass is 32.1. The van der Waals surface area contributed by atoms with E-state index in [1.54, 1.807) is 17.4 Å². The van der Waals surface area contributed by atoms with Crippen molar-refractivity contribution in [2.24, 2.45) is 0 Å². The van der Waals surface area contributed by atoms with Gasteiger partial charge in [-0.2, -0.15) is 0 Å². The molecular weight excluding hydrogens is 464 g/mol. The van der Waals surface area contributed by atoms with Gasteiger partial charge in [0, 0.05) is 22.6 Å². The molecule has 0 amide bonds. The number of thiazole rings is 1. The molecule has 1 saturated carbocycles. The summed E-state index contributed by atoms with van der Waals surface area (Å²) in [6.07, 6.45) is 14.7. The first-order valence-electron chi connectivity index (χ1n) is 12.3. The van der Waals surface area contributed by atoms with E-state index in [0.29, 0.717) is 5.92 Å². The third kappa shape index (κ3) is 4.82. The fourth-order valence-electron chi connectivity index (χ4n) is 5.30. The zero-order valence-electron chi connectivity index (χ0n) is 20.5. The molecule has 0 spiro atoms. The molecule has 0 unspecified atom stereocenters. The Bertz CT molecular complexity index is 1530. The molecular formula is C31H28N2O2S. The minimum atomic E-state index is -0.967. The Morgan fingerprint density at radius 3 is 2.58 bits per heavy atom. The minimum absolute atomic E-state index is 0.410. The van der Waals surface area contributed by atoms with Gasteiger partial charge in [-0.25, -0.2) is 14.8 Å². The molecule has 5 rings (SSSR count). The van der Waals surface area contributed by atoms with Crippen LogP contribution in [-0.2, 0) is 4.79 Å². The number of carbonyl (C=O) groups is 1. The number of hydrogen-bond acceptors (Lipinski definition) is 4. The van der Waals surface area contributed by atoms with Crippen molar-refractivity contribution in [2.75, 3.05) is 0 Å². The predicted molar refractivity (Wildman–Crippen MR) is 148 cm³/mol. The summed E-state index contributed by atoms with van der Waals surface area (Å²) in [4.78, 5) is 21.7. The molecule has 1 fully saturated rings. The smallest absolute Gasteiger partial charge is 0.328 e. The number of rotatable bonds is 5. The summed E-state index contributed by atoms with van der Waals surface area (Å²) in [6.45, 7) is 4.04. The average molecular weight is 493 g/mol.